The van der Waals surface area contributed by atoms with Crippen molar-refractivity contribution in [2.45, 2.75) is 19.3 Å². The highest BCUT2D eigenvalue weighted by molar-refractivity contribution is 5.98. The number of carbonyl (C=O) groups excluding carboxylic acids is 1. The van der Waals surface area contributed by atoms with Crippen LogP contribution in [0.5, 0.6) is 5.75 Å². The van der Waals surface area contributed by atoms with Crippen LogP contribution in [0.25, 0.3) is 0 Å². The third kappa shape index (κ3) is 2.30. The fourth-order valence-electron chi connectivity index (χ4n) is 2.16. The lowest BCUT2D eigenvalue weighted by Gasteiger charge is -2.10. The minimum Gasteiger partial charge on any atom is -0.497 e. The van der Waals surface area contributed by atoms with Crippen LogP contribution in [0, 0.1) is 5.92 Å². The monoisotopic (exact) mass is 234 g/mol. The Morgan fingerprint density at radius 3 is 2.88 bits per heavy atom. The van der Waals surface area contributed by atoms with Crippen LogP contribution >= 0.6 is 0 Å². The standard InChI is InChI=1S/C13H14O4/c1-17-10-3-4-11-9(7-10)6-8(13(15)16)2-5-12(11)14/h3-4,7-8H,2,5-6H2,1H3,(H,15,16). The molecule has 0 saturated heterocycles. The van der Waals surface area contributed by atoms with Gasteiger partial charge in [-0.3, -0.25) is 9.59 Å². The molecule has 1 aromatic carbocycles. The number of hydrogen-bond donors (Lipinski definition) is 1. The van der Waals surface area contributed by atoms with Gasteiger partial charge < -0.3 is 9.84 Å². The Balaban J connectivity index is 2.41. The number of Topliss-reactive ketones (excluding diaryl/α,β-unsaturated/α-hetero) is 1. The molecular formula is C13H14O4. The van der Waals surface area contributed by atoms with E-state index in [1.807, 2.05) is 0 Å². The summed E-state index contributed by atoms with van der Waals surface area (Å²) in [7, 11) is 1.55. The van der Waals surface area contributed by atoms with Crippen molar-refractivity contribution >= 4 is 11.8 Å². The van der Waals surface area contributed by atoms with Crippen molar-refractivity contribution in [2.24, 2.45) is 5.92 Å². The third-order valence-corrected chi connectivity index (χ3v) is 3.15. The molecule has 1 N–H and O–H groups in total. The summed E-state index contributed by atoms with van der Waals surface area (Å²) in [5.41, 5.74) is 1.41. The van der Waals surface area contributed by atoms with Crippen LogP contribution in [0.15, 0.2) is 18.2 Å². The molecule has 0 radical (unpaired) electrons. The van der Waals surface area contributed by atoms with E-state index in [1.54, 1.807) is 25.3 Å². The maximum atomic E-state index is 11.8. The van der Waals surface area contributed by atoms with E-state index in [-0.39, 0.29) is 5.78 Å². The zero-order valence-electron chi connectivity index (χ0n) is 9.60. The Morgan fingerprint density at radius 1 is 1.47 bits per heavy atom. The number of carboxylic acids is 1. The zero-order valence-corrected chi connectivity index (χ0v) is 9.60. The Bertz CT molecular complexity index is 464. The number of aliphatic carboxylic acids is 1. The molecule has 0 spiro atoms. The minimum absolute atomic E-state index is 0.0198. The van der Waals surface area contributed by atoms with Crippen molar-refractivity contribution in [2.75, 3.05) is 7.11 Å². The maximum absolute atomic E-state index is 11.8. The smallest absolute Gasteiger partial charge is 0.306 e. The maximum Gasteiger partial charge on any atom is 0.306 e. The van der Waals surface area contributed by atoms with Crippen LogP contribution < -0.4 is 4.74 Å². The van der Waals surface area contributed by atoms with Gasteiger partial charge in [0.1, 0.15) is 5.75 Å². The number of carbonyl (C=O) groups is 2. The summed E-state index contributed by atoms with van der Waals surface area (Å²) in [6.07, 6.45) is 1.11. The topological polar surface area (TPSA) is 63.6 Å². The molecule has 90 valence electrons. The lowest BCUT2D eigenvalue weighted by Crippen LogP contribution is -2.15. The average molecular weight is 234 g/mol. The van der Waals surface area contributed by atoms with Gasteiger partial charge >= 0.3 is 5.97 Å². The van der Waals surface area contributed by atoms with Gasteiger partial charge in [0, 0.05) is 12.0 Å². The highest BCUT2D eigenvalue weighted by Crippen LogP contribution is 2.27. The first kappa shape index (κ1) is 11.6. The van der Waals surface area contributed by atoms with Crippen LogP contribution in [0.1, 0.15) is 28.8 Å². The second-order valence-corrected chi connectivity index (χ2v) is 4.22. The first-order valence-electron chi connectivity index (χ1n) is 5.54. The molecule has 2 rings (SSSR count). The van der Waals surface area contributed by atoms with Gasteiger partial charge in [0.2, 0.25) is 0 Å². The molecule has 1 atom stereocenters. The van der Waals surface area contributed by atoms with Gasteiger partial charge in [-0.15, -0.1) is 0 Å². The number of hydrogen-bond acceptors (Lipinski definition) is 3. The molecule has 0 aromatic heterocycles. The molecule has 0 bridgehead atoms. The Morgan fingerprint density at radius 2 is 2.24 bits per heavy atom. The zero-order chi connectivity index (χ0) is 12.4. The van der Waals surface area contributed by atoms with Crippen molar-refractivity contribution in [1.29, 1.82) is 0 Å². The van der Waals surface area contributed by atoms with Crippen molar-refractivity contribution in [3.05, 3.63) is 29.3 Å². The van der Waals surface area contributed by atoms with Gasteiger partial charge in [-0.25, -0.2) is 0 Å². The molecule has 4 heteroatoms. The SMILES string of the molecule is COc1ccc2c(c1)CC(C(=O)O)CCC2=O. The lowest BCUT2D eigenvalue weighted by molar-refractivity contribution is -0.141. The average Bonchev–Trinajstić information content (AvgIpc) is 2.48. The number of benzene rings is 1. The summed E-state index contributed by atoms with van der Waals surface area (Å²) in [4.78, 5) is 22.9. The molecular weight excluding hydrogens is 220 g/mol. The van der Waals surface area contributed by atoms with Crippen molar-refractivity contribution in [3.63, 3.8) is 0 Å². The summed E-state index contributed by atoms with van der Waals surface area (Å²) in [6, 6.07) is 5.22. The summed E-state index contributed by atoms with van der Waals surface area (Å²) in [5, 5.41) is 9.06. The van der Waals surface area contributed by atoms with Crippen LogP contribution in [-0.4, -0.2) is 24.0 Å². The molecule has 0 saturated carbocycles. The quantitative estimate of drug-likeness (QED) is 0.794. The van der Waals surface area contributed by atoms with Crippen LogP contribution in [0.4, 0.5) is 0 Å². The second kappa shape index (κ2) is 4.57. The highest BCUT2D eigenvalue weighted by atomic mass is 16.5. The first-order valence-corrected chi connectivity index (χ1v) is 5.54. The van der Waals surface area contributed by atoms with E-state index in [1.165, 1.54) is 0 Å². The number of rotatable bonds is 2. The van der Waals surface area contributed by atoms with Gasteiger partial charge in [-0.05, 0) is 36.6 Å². The predicted molar refractivity (Wildman–Crippen MR) is 61.4 cm³/mol. The van der Waals surface area contributed by atoms with Crippen LogP contribution in [0.3, 0.4) is 0 Å². The number of carboxylic acid groups (broad SMARTS) is 1. The largest absolute Gasteiger partial charge is 0.497 e. The van der Waals surface area contributed by atoms with Gasteiger partial charge in [0.05, 0.1) is 13.0 Å². The van der Waals surface area contributed by atoms with E-state index in [4.69, 9.17) is 9.84 Å². The van der Waals surface area contributed by atoms with E-state index < -0.39 is 11.9 Å². The van der Waals surface area contributed by atoms with Gasteiger partial charge in [0.25, 0.3) is 0 Å². The molecule has 0 heterocycles. The summed E-state index contributed by atoms with van der Waals surface area (Å²) in [6.45, 7) is 0. The third-order valence-electron chi connectivity index (χ3n) is 3.15. The molecule has 17 heavy (non-hydrogen) atoms. The first-order chi connectivity index (χ1) is 8.11. The Hall–Kier alpha value is -1.84. The minimum atomic E-state index is -0.839. The van der Waals surface area contributed by atoms with Gasteiger partial charge in [-0.2, -0.15) is 0 Å². The summed E-state index contributed by atoms with van der Waals surface area (Å²) >= 11 is 0. The normalized spacial score (nSPS) is 19.4. The van der Waals surface area contributed by atoms with E-state index in [2.05, 4.69) is 0 Å². The van der Waals surface area contributed by atoms with E-state index in [0.29, 0.717) is 30.6 Å². The van der Waals surface area contributed by atoms with Gasteiger partial charge in [-0.1, -0.05) is 0 Å². The second-order valence-electron chi connectivity index (χ2n) is 4.22. The van der Waals surface area contributed by atoms with E-state index >= 15 is 0 Å². The molecule has 1 aliphatic carbocycles. The number of ketones is 1. The number of ether oxygens (including phenoxy) is 1. The predicted octanol–water partition coefficient (Wildman–Crippen LogP) is 1.92. The van der Waals surface area contributed by atoms with Crippen molar-refractivity contribution in [3.8, 4) is 5.75 Å². The van der Waals surface area contributed by atoms with E-state index in [9.17, 15) is 9.59 Å². The lowest BCUT2D eigenvalue weighted by atomic mass is 9.97. The molecule has 0 aliphatic heterocycles. The molecule has 1 aromatic rings. The van der Waals surface area contributed by atoms with E-state index in [0.717, 1.165) is 5.56 Å². The summed E-state index contributed by atoms with van der Waals surface area (Å²) < 4.78 is 5.09. The fourth-order valence-corrected chi connectivity index (χ4v) is 2.16. The molecule has 4 nitrogen and oxygen atoms in total. The van der Waals surface area contributed by atoms with Crippen LogP contribution in [-0.2, 0) is 11.2 Å². The number of fused-ring (bicyclic) bond motifs is 1. The fraction of sp³-hybridized carbons (Fsp3) is 0.385. The van der Waals surface area contributed by atoms with Crippen molar-refractivity contribution < 1.29 is 19.4 Å². The Labute approximate surface area is 99.2 Å². The summed E-state index contributed by atoms with van der Waals surface area (Å²) in [5.74, 6) is -0.644. The van der Waals surface area contributed by atoms with Crippen molar-refractivity contribution in [1.82, 2.24) is 0 Å². The molecule has 1 unspecified atom stereocenters. The Kier molecular flexibility index (Phi) is 3.13. The molecule has 0 amide bonds. The number of methoxy groups -OCH3 is 1. The van der Waals surface area contributed by atoms with Gasteiger partial charge in [0.15, 0.2) is 5.78 Å². The highest BCUT2D eigenvalue weighted by Gasteiger charge is 2.26. The van der Waals surface area contributed by atoms with Crippen LogP contribution in [0.2, 0.25) is 0 Å². The molecule has 1 aliphatic rings. The molecule has 0 fully saturated rings.